The first-order valence-corrected chi connectivity index (χ1v) is 3.35. The van der Waals surface area contributed by atoms with E-state index in [1.807, 2.05) is 0 Å². The molecule has 0 aliphatic heterocycles. The van der Waals surface area contributed by atoms with E-state index in [4.69, 9.17) is 0 Å². The molecule has 0 aromatic rings. The number of rotatable bonds is 3. The Morgan fingerprint density at radius 3 is 1.00 bits per heavy atom. The van der Waals surface area contributed by atoms with Gasteiger partial charge in [-0.05, 0) is 5.92 Å². The summed E-state index contributed by atoms with van der Waals surface area (Å²) in [5.41, 5.74) is 0. The van der Waals surface area contributed by atoms with Gasteiger partial charge < -0.3 is 0 Å². The summed E-state index contributed by atoms with van der Waals surface area (Å²) in [5.74, 6) is 0.986. The highest BCUT2D eigenvalue weighted by molar-refractivity contribution is 5.85. The van der Waals surface area contributed by atoms with Gasteiger partial charge in [0.15, 0.2) is 0 Å². The van der Waals surface area contributed by atoms with E-state index in [1.54, 1.807) is 0 Å². The lowest BCUT2D eigenvalue weighted by atomic mass is 10.0. The molecular formula is C7H18Cl2. The molecule has 60 valence electrons. The van der Waals surface area contributed by atoms with Crippen molar-refractivity contribution in [2.75, 3.05) is 0 Å². The first kappa shape index (κ1) is 16.3. The first-order valence-electron chi connectivity index (χ1n) is 3.35. The summed E-state index contributed by atoms with van der Waals surface area (Å²) in [6.07, 6.45) is 4.06. The quantitative estimate of drug-likeness (QED) is 0.610. The molecule has 0 unspecified atom stereocenters. The maximum Gasteiger partial charge on any atom is -0.0422 e. The molecule has 0 aromatic heterocycles. The van der Waals surface area contributed by atoms with Crippen molar-refractivity contribution < 1.29 is 0 Å². The standard InChI is InChI=1S/C7H16.2ClH/c1-4-7(5-2)6-3;;/h7H,4-6H2,1-3H3;2*1H. The smallest absolute Gasteiger partial charge is 0.0422 e. The summed E-state index contributed by atoms with van der Waals surface area (Å²) in [7, 11) is 0. The van der Waals surface area contributed by atoms with E-state index in [9.17, 15) is 0 Å². The van der Waals surface area contributed by atoms with Crippen LogP contribution < -0.4 is 0 Å². The highest BCUT2D eigenvalue weighted by Gasteiger charge is 1.95. The second-order valence-corrected chi connectivity index (χ2v) is 2.09. The molecule has 0 radical (unpaired) electrons. The largest absolute Gasteiger partial charge is 0.147 e. The van der Waals surface area contributed by atoms with Gasteiger partial charge in [0.25, 0.3) is 0 Å². The molecule has 0 heterocycles. The predicted octanol–water partition coefficient (Wildman–Crippen LogP) is 3.68. The zero-order valence-electron chi connectivity index (χ0n) is 6.52. The Morgan fingerprint density at radius 1 is 0.778 bits per heavy atom. The van der Waals surface area contributed by atoms with E-state index >= 15 is 0 Å². The maximum atomic E-state index is 2.26. The van der Waals surface area contributed by atoms with Crippen molar-refractivity contribution in [3.05, 3.63) is 0 Å². The second-order valence-electron chi connectivity index (χ2n) is 2.09. The Labute approximate surface area is 71.2 Å². The molecule has 0 spiro atoms. The Hall–Kier alpha value is 0.580. The fourth-order valence-electron chi connectivity index (χ4n) is 0.866. The summed E-state index contributed by atoms with van der Waals surface area (Å²) in [5, 5.41) is 0. The van der Waals surface area contributed by atoms with Gasteiger partial charge in [-0.2, -0.15) is 0 Å². The minimum Gasteiger partial charge on any atom is -0.147 e. The Balaban J connectivity index is -0.000000180. The predicted molar refractivity (Wildman–Crippen MR) is 48.9 cm³/mol. The van der Waals surface area contributed by atoms with Crippen LogP contribution in [0.25, 0.3) is 0 Å². The van der Waals surface area contributed by atoms with Crippen LogP contribution in [0.4, 0.5) is 0 Å². The number of halogens is 2. The highest BCUT2D eigenvalue weighted by Crippen LogP contribution is 2.09. The fraction of sp³-hybridized carbons (Fsp3) is 1.00. The van der Waals surface area contributed by atoms with Crippen LogP contribution in [0.2, 0.25) is 0 Å². The van der Waals surface area contributed by atoms with Gasteiger partial charge in [0.1, 0.15) is 0 Å². The SMILES string of the molecule is CCC(CC)CC.Cl.Cl. The third-order valence-corrected chi connectivity index (χ3v) is 1.73. The molecule has 0 nitrogen and oxygen atoms in total. The molecule has 0 atom stereocenters. The van der Waals surface area contributed by atoms with Crippen LogP contribution >= 0.6 is 24.8 Å². The van der Waals surface area contributed by atoms with Gasteiger partial charge >= 0.3 is 0 Å². The lowest BCUT2D eigenvalue weighted by molar-refractivity contribution is 0.477. The monoisotopic (exact) mass is 172 g/mol. The fourth-order valence-corrected chi connectivity index (χ4v) is 0.866. The van der Waals surface area contributed by atoms with Crippen LogP contribution in [0.15, 0.2) is 0 Å². The second kappa shape index (κ2) is 11.4. The Morgan fingerprint density at radius 2 is 1.00 bits per heavy atom. The van der Waals surface area contributed by atoms with Crippen LogP contribution in [0.5, 0.6) is 0 Å². The molecule has 9 heavy (non-hydrogen) atoms. The van der Waals surface area contributed by atoms with Crippen molar-refractivity contribution in [2.24, 2.45) is 5.92 Å². The molecule has 0 amide bonds. The summed E-state index contributed by atoms with van der Waals surface area (Å²) in [6, 6.07) is 0. The van der Waals surface area contributed by atoms with Crippen LogP contribution in [0, 0.1) is 5.92 Å². The average molecular weight is 173 g/mol. The molecule has 0 N–H and O–H groups in total. The van der Waals surface area contributed by atoms with E-state index in [0.29, 0.717) is 0 Å². The van der Waals surface area contributed by atoms with Crippen molar-refractivity contribution >= 4 is 24.8 Å². The van der Waals surface area contributed by atoms with Crippen LogP contribution in [-0.2, 0) is 0 Å². The molecule has 0 saturated heterocycles. The normalized spacial score (nSPS) is 8.00. The van der Waals surface area contributed by atoms with Gasteiger partial charge in [0.2, 0.25) is 0 Å². The molecule has 0 aromatic carbocycles. The van der Waals surface area contributed by atoms with Crippen molar-refractivity contribution in [3.8, 4) is 0 Å². The highest BCUT2D eigenvalue weighted by atomic mass is 35.5. The third-order valence-electron chi connectivity index (χ3n) is 1.73. The van der Waals surface area contributed by atoms with E-state index < -0.39 is 0 Å². The van der Waals surface area contributed by atoms with Crippen molar-refractivity contribution in [2.45, 2.75) is 40.0 Å². The molecule has 0 saturated carbocycles. The Kier molecular flexibility index (Phi) is 20.6. The lowest BCUT2D eigenvalue weighted by Crippen LogP contribution is -1.91. The molecule has 0 fully saturated rings. The molecule has 0 bridgehead atoms. The van der Waals surface area contributed by atoms with E-state index in [0.717, 1.165) is 5.92 Å². The van der Waals surface area contributed by atoms with Crippen molar-refractivity contribution in [1.29, 1.82) is 0 Å². The molecule has 2 heteroatoms. The van der Waals surface area contributed by atoms with E-state index in [1.165, 1.54) is 19.3 Å². The number of hydrogen-bond donors (Lipinski definition) is 0. The maximum absolute atomic E-state index is 2.26. The van der Waals surface area contributed by atoms with E-state index in [-0.39, 0.29) is 24.8 Å². The number of hydrogen-bond acceptors (Lipinski definition) is 0. The van der Waals surface area contributed by atoms with Gasteiger partial charge in [0.05, 0.1) is 0 Å². The van der Waals surface area contributed by atoms with Crippen LogP contribution in [-0.4, -0.2) is 0 Å². The van der Waals surface area contributed by atoms with Crippen molar-refractivity contribution in [3.63, 3.8) is 0 Å². The summed E-state index contributed by atoms with van der Waals surface area (Å²) >= 11 is 0. The third kappa shape index (κ3) is 8.58. The van der Waals surface area contributed by atoms with Crippen LogP contribution in [0.3, 0.4) is 0 Å². The van der Waals surface area contributed by atoms with Crippen LogP contribution in [0.1, 0.15) is 40.0 Å². The Bertz CT molecular complexity index is 28.4. The molecule has 0 aliphatic rings. The van der Waals surface area contributed by atoms with Gasteiger partial charge in [-0.25, -0.2) is 0 Å². The summed E-state index contributed by atoms with van der Waals surface area (Å²) in [4.78, 5) is 0. The lowest BCUT2D eigenvalue weighted by Gasteiger charge is -2.05. The molecule has 0 aliphatic carbocycles. The van der Waals surface area contributed by atoms with Gasteiger partial charge in [-0.15, -0.1) is 24.8 Å². The first-order chi connectivity index (χ1) is 3.35. The van der Waals surface area contributed by atoms with Gasteiger partial charge in [-0.3, -0.25) is 0 Å². The molecule has 0 rings (SSSR count). The summed E-state index contributed by atoms with van der Waals surface area (Å²) in [6.45, 7) is 6.78. The molecular weight excluding hydrogens is 155 g/mol. The summed E-state index contributed by atoms with van der Waals surface area (Å²) < 4.78 is 0. The minimum atomic E-state index is 0. The van der Waals surface area contributed by atoms with Gasteiger partial charge in [-0.1, -0.05) is 40.0 Å². The minimum absolute atomic E-state index is 0. The topological polar surface area (TPSA) is 0 Å². The van der Waals surface area contributed by atoms with E-state index in [2.05, 4.69) is 20.8 Å². The average Bonchev–Trinajstić information content (AvgIpc) is 1.72. The van der Waals surface area contributed by atoms with Crippen molar-refractivity contribution in [1.82, 2.24) is 0 Å². The van der Waals surface area contributed by atoms with Gasteiger partial charge in [0, 0.05) is 0 Å². The zero-order chi connectivity index (χ0) is 5.70. The zero-order valence-corrected chi connectivity index (χ0v) is 8.15.